The monoisotopic (exact) mass is 304 g/mol. The molecular formula is C16H17BrO. The molecule has 94 valence electrons. The first-order chi connectivity index (χ1) is 8.77. The van der Waals surface area contributed by atoms with Crippen LogP contribution in [0.15, 0.2) is 40.9 Å². The Labute approximate surface area is 116 Å². The highest BCUT2D eigenvalue weighted by molar-refractivity contribution is 9.10. The molecule has 0 saturated heterocycles. The van der Waals surface area contributed by atoms with Crippen molar-refractivity contribution < 1.29 is 5.11 Å². The molecule has 0 aromatic heterocycles. The molecule has 1 saturated carbocycles. The molecule has 2 heteroatoms. The van der Waals surface area contributed by atoms with Crippen LogP contribution >= 0.6 is 15.9 Å². The van der Waals surface area contributed by atoms with Gasteiger partial charge in [0.2, 0.25) is 0 Å². The van der Waals surface area contributed by atoms with Crippen molar-refractivity contribution in [2.24, 2.45) is 0 Å². The Morgan fingerprint density at radius 2 is 1.78 bits per heavy atom. The molecule has 3 rings (SSSR count). The lowest BCUT2D eigenvalue weighted by molar-refractivity contribution is 0.106. The summed E-state index contributed by atoms with van der Waals surface area (Å²) in [5.41, 5.74) is 1.29. The molecule has 1 N–H and O–H groups in total. The van der Waals surface area contributed by atoms with E-state index < -0.39 is 0 Å². The molecule has 1 nitrogen and oxygen atoms in total. The predicted molar refractivity (Wildman–Crippen MR) is 78.9 cm³/mol. The van der Waals surface area contributed by atoms with Gasteiger partial charge in [-0.1, -0.05) is 59.1 Å². The minimum absolute atomic E-state index is 0.194. The summed E-state index contributed by atoms with van der Waals surface area (Å²) in [6, 6.07) is 12.7. The fourth-order valence-corrected chi connectivity index (χ4v) is 3.73. The second-order valence-corrected chi connectivity index (χ2v) is 5.99. The first kappa shape index (κ1) is 12.2. The lowest BCUT2D eigenvalue weighted by atomic mass is 9.80. The highest BCUT2D eigenvalue weighted by atomic mass is 79.9. The maximum absolute atomic E-state index is 10.3. The first-order valence-electron chi connectivity index (χ1n) is 6.62. The van der Waals surface area contributed by atoms with E-state index in [0.29, 0.717) is 0 Å². The van der Waals surface area contributed by atoms with Crippen molar-refractivity contribution in [1.82, 2.24) is 0 Å². The summed E-state index contributed by atoms with van der Waals surface area (Å²) in [6.45, 7) is 0. The third-order valence-electron chi connectivity index (χ3n) is 4.02. The van der Waals surface area contributed by atoms with E-state index in [9.17, 15) is 5.11 Å². The molecule has 1 aliphatic rings. The molecular weight excluding hydrogens is 288 g/mol. The number of benzene rings is 2. The fourth-order valence-electron chi connectivity index (χ4n) is 3.09. The number of aliphatic hydroxyl groups excluding tert-OH is 1. The van der Waals surface area contributed by atoms with Crippen LogP contribution in [0.1, 0.15) is 37.2 Å². The van der Waals surface area contributed by atoms with Gasteiger partial charge in [-0.3, -0.25) is 0 Å². The number of hydrogen-bond acceptors (Lipinski definition) is 1. The molecule has 1 fully saturated rings. The number of rotatable bonds is 1. The maximum Gasteiger partial charge on any atom is 0.0609 e. The summed E-state index contributed by atoms with van der Waals surface area (Å²) in [7, 11) is 0. The Morgan fingerprint density at radius 3 is 2.61 bits per heavy atom. The Hall–Kier alpha value is -0.860. The van der Waals surface area contributed by atoms with Crippen LogP contribution in [0.3, 0.4) is 0 Å². The van der Waals surface area contributed by atoms with Crippen molar-refractivity contribution in [1.29, 1.82) is 0 Å². The summed E-state index contributed by atoms with van der Waals surface area (Å²) < 4.78 is 1.13. The predicted octanol–water partition coefficient (Wildman–Crippen LogP) is 4.62. The van der Waals surface area contributed by atoms with Crippen molar-refractivity contribution >= 4 is 26.7 Å². The van der Waals surface area contributed by atoms with Gasteiger partial charge in [-0.25, -0.2) is 0 Å². The SMILES string of the molecule is O[C@@H]1CCCC[C@@H]1c1c(Br)ccc2ccccc12. The van der Waals surface area contributed by atoms with Gasteiger partial charge in [0.25, 0.3) is 0 Å². The van der Waals surface area contributed by atoms with Crippen molar-refractivity contribution in [3.05, 3.63) is 46.4 Å². The van der Waals surface area contributed by atoms with Crippen molar-refractivity contribution in [2.75, 3.05) is 0 Å². The molecule has 0 heterocycles. The average Bonchev–Trinajstić information content (AvgIpc) is 2.40. The van der Waals surface area contributed by atoms with Gasteiger partial charge in [-0.05, 0) is 35.2 Å². The van der Waals surface area contributed by atoms with E-state index in [4.69, 9.17) is 0 Å². The quantitative estimate of drug-likeness (QED) is 0.815. The highest BCUT2D eigenvalue weighted by Gasteiger charge is 2.27. The van der Waals surface area contributed by atoms with E-state index >= 15 is 0 Å². The zero-order chi connectivity index (χ0) is 12.5. The molecule has 18 heavy (non-hydrogen) atoms. The third kappa shape index (κ3) is 2.08. The number of fused-ring (bicyclic) bond motifs is 1. The summed E-state index contributed by atoms with van der Waals surface area (Å²) >= 11 is 3.67. The molecule has 2 atom stereocenters. The second kappa shape index (κ2) is 5.02. The molecule has 0 bridgehead atoms. The number of hydrogen-bond donors (Lipinski definition) is 1. The van der Waals surface area contributed by atoms with Gasteiger partial charge in [0.05, 0.1) is 6.10 Å². The average molecular weight is 305 g/mol. The van der Waals surface area contributed by atoms with E-state index in [1.54, 1.807) is 0 Å². The van der Waals surface area contributed by atoms with Gasteiger partial charge in [0.1, 0.15) is 0 Å². The topological polar surface area (TPSA) is 20.2 Å². The minimum Gasteiger partial charge on any atom is -0.392 e. The molecule has 0 radical (unpaired) electrons. The van der Waals surface area contributed by atoms with Crippen molar-refractivity contribution in [2.45, 2.75) is 37.7 Å². The van der Waals surface area contributed by atoms with Gasteiger partial charge in [-0.2, -0.15) is 0 Å². The Kier molecular flexibility index (Phi) is 3.40. The smallest absolute Gasteiger partial charge is 0.0609 e. The van der Waals surface area contributed by atoms with E-state index in [1.165, 1.54) is 22.8 Å². The Bertz CT molecular complexity index is 564. The Morgan fingerprint density at radius 1 is 1.00 bits per heavy atom. The largest absolute Gasteiger partial charge is 0.392 e. The fraction of sp³-hybridized carbons (Fsp3) is 0.375. The summed E-state index contributed by atoms with van der Waals surface area (Å²) in [5, 5.41) is 12.8. The van der Waals surface area contributed by atoms with Crippen LogP contribution in [-0.2, 0) is 0 Å². The van der Waals surface area contributed by atoms with Gasteiger partial charge >= 0.3 is 0 Å². The molecule has 2 aromatic rings. The van der Waals surface area contributed by atoms with Crippen LogP contribution in [0.25, 0.3) is 10.8 Å². The van der Waals surface area contributed by atoms with Crippen LogP contribution in [0.4, 0.5) is 0 Å². The van der Waals surface area contributed by atoms with Crippen molar-refractivity contribution in [3.8, 4) is 0 Å². The van der Waals surface area contributed by atoms with Crippen LogP contribution < -0.4 is 0 Å². The third-order valence-corrected chi connectivity index (χ3v) is 4.71. The normalized spacial score (nSPS) is 24.3. The van der Waals surface area contributed by atoms with E-state index in [0.717, 1.165) is 23.7 Å². The van der Waals surface area contributed by atoms with Crippen molar-refractivity contribution in [3.63, 3.8) is 0 Å². The van der Waals surface area contributed by atoms with Crippen LogP contribution in [-0.4, -0.2) is 11.2 Å². The van der Waals surface area contributed by atoms with Gasteiger partial charge in [-0.15, -0.1) is 0 Å². The van der Waals surface area contributed by atoms with Gasteiger partial charge in [0.15, 0.2) is 0 Å². The second-order valence-electron chi connectivity index (χ2n) is 5.14. The van der Waals surface area contributed by atoms with Crippen LogP contribution in [0.5, 0.6) is 0 Å². The molecule has 0 amide bonds. The zero-order valence-electron chi connectivity index (χ0n) is 10.3. The van der Waals surface area contributed by atoms with E-state index in [1.807, 2.05) is 0 Å². The van der Waals surface area contributed by atoms with E-state index in [-0.39, 0.29) is 12.0 Å². The molecule has 0 spiro atoms. The molecule has 0 aliphatic heterocycles. The molecule has 1 aliphatic carbocycles. The van der Waals surface area contributed by atoms with E-state index in [2.05, 4.69) is 52.3 Å². The summed E-state index contributed by atoms with van der Waals surface area (Å²) in [4.78, 5) is 0. The minimum atomic E-state index is -0.194. The highest BCUT2D eigenvalue weighted by Crippen LogP contribution is 2.40. The van der Waals surface area contributed by atoms with Crippen LogP contribution in [0, 0.1) is 0 Å². The zero-order valence-corrected chi connectivity index (χ0v) is 11.9. The first-order valence-corrected chi connectivity index (χ1v) is 7.42. The molecule has 0 unspecified atom stereocenters. The standard InChI is InChI=1S/C16H17BrO/c17-14-10-9-11-5-1-2-6-12(11)16(14)13-7-3-4-8-15(13)18/h1-2,5-6,9-10,13,15,18H,3-4,7-8H2/t13-,15+/m0/s1. The molecule has 2 aromatic carbocycles. The maximum atomic E-state index is 10.3. The number of halogens is 1. The Balaban J connectivity index is 2.17. The van der Waals surface area contributed by atoms with Gasteiger partial charge in [0, 0.05) is 10.4 Å². The summed E-state index contributed by atoms with van der Waals surface area (Å²) in [5.74, 6) is 0.277. The summed E-state index contributed by atoms with van der Waals surface area (Å²) in [6.07, 6.45) is 4.20. The number of aliphatic hydroxyl groups is 1. The van der Waals surface area contributed by atoms with Gasteiger partial charge < -0.3 is 5.11 Å². The lowest BCUT2D eigenvalue weighted by Crippen LogP contribution is -2.23. The lowest BCUT2D eigenvalue weighted by Gasteiger charge is -2.29. The van der Waals surface area contributed by atoms with Crippen LogP contribution in [0.2, 0.25) is 0 Å².